The molecule has 0 amide bonds. The second-order valence-corrected chi connectivity index (χ2v) is 17.1. The van der Waals surface area contributed by atoms with Crippen LogP contribution in [0.25, 0.3) is 0 Å². The normalized spacial score (nSPS) is 13.4. The molecule has 6 heteroatoms. The molecule has 1 unspecified atom stereocenters. The van der Waals surface area contributed by atoms with Crippen LogP contribution in [0.4, 0.5) is 0 Å². The number of allylic oxidation sites excluding steroid dienone is 26. The van der Waals surface area contributed by atoms with Gasteiger partial charge in [0.1, 0.15) is 13.2 Å². The van der Waals surface area contributed by atoms with Crippen molar-refractivity contribution in [3.63, 3.8) is 0 Å². The first-order valence-corrected chi connectivity index (χ1v) is 27.1. The summed E-state index contributed by atoms with van der Waals surface area (Å²) < 4.78 is 16.8. The summed E-state index contributed by atoms with van der Waals surface area (Å²) in [6.45, 7) is 6.22. The summed E-state index contributed by atoms with van der Waals surface area (Å²) in [5, 5.41) is 0. The minimum Gasteiger partial charge on any atom is -0.462 e. The molecule has 0 bridgehead atoms. The van der Waals surface area contributed by atoms with Gasteiger partial charge in [-0.3, -0.25) is 14.4 Å². The second-order valence-electron chi connectivity index (χ2n) is 17.1. The van der Waals surface area contributed by atoms with Crippen molar-refractivity contribution in [2.24, 2.45) is 0 Å². The molecule has 0 aromatic carbocycles. The van der Waals surface area contributed by atoms with Gasteiger partial charge in [0.25, 0.3) is 0 Å². The maximum Gasteiger partial charge on any atom is 0.306 e. The number of unbranched alkanes of at least 4 members (excludes halogenated alkanes) is 13. The van der Waals surface area contributed by atoms with Gasteiger partial charge in [-0.05, 0) is 109 Å². The molecule has 0 aliphatic heterocycles. The van der Waals surface area contributed by atoms with Crippen molar-refractivity contribution in [1.29, 1.82) is 0 Å². The third-order valence-electron chi connectivity index (χ3n) is 10.6. The van der Waals surface area contributed by atoms with Gasteiger partial charge in [0, 0.05) is 19.3 Å². The lowest BCUT2D eigenvalue weighted by Gasteiger charge is -2.18. The van der Waals surface area contributed by atoms with Crippen LogP contribution >= 0.6 is 0 Å². The Kier molecular flexibility index (Phi) is 51.6. The standard InChI is InChI=1S/C63H96O6/c1-4-7-10-13-16-19-22-25-28-31-33-35-38-41-44-47-50-53-56-62(65)68-59-60(58-67-61(64)55-52-49-46-43-40-37-34-30-27-24-21-18-15-12-9-6-3)69-63(66)57-54-51-48-45-42-39-36-32-29-26-23-20-17-14-11-8-5-2/h8-13,16-22,25-31,33,35-36,39,45,48,60H,4-7,14-15,23-24,32,34,37-38,40-44,46-47,49-59H2,1-3H3/b11-8-,12-9-,13-10-,19-16-,20-17-,21-18-,25-22-,29-26-,30-27-,31-28-,35-33-,39-36-,48-45-. The van der Waals surface area contributed by atoms with Crippen LogP contribution in [-0.2, 0) is 28.6 Å². The minimum absolute atomic E-state index is 0.124. The summed E-state index contributed by atoms with van der Waals surface area (Å²) in [5.41, 5.74) is 0. The summed E-state index contributed by atoms with van der Waals surface area (Å²) in [7, 11) is 0. The number of carbonyl (C=O) groups is 3. The highest BCUT2D eigenvalue weighted by Gasteiger charge is 2.19. The molecule has 0 aromatic rings. The van der Waals surface area contributed by atoms with Gasteiger partial charge >= 0.3 is 17.9 Å². The third-order valence-corrected chi connectivity index (χ3v) is 10.6. The quantitative estimate of drug-likeness (QED) is 0.0199. The fourth-order valence-electron chi connectivity index (χ4n) is 6.64. The van der Waals surface area contributed by atoms with Crippen molar-refractivity contribution in [2.75, 3.05) is 13.2 Å². The Morgan fingerprint density at radius 2 is 0.638 bits per heavy atom. The second kappa shape index (κ2) is 55.6. The fourth-order valence-corrected chi connectivity index (χ4v) is 6.64. The average molecular weight is 949 g/mol. The predicted molar refractivity (Wildman–Crippen MR) is 297 cm³/mol. The largest absolute Gasteiger partial charge is 0.462 e. The Hall–Kier alpha value is -4.97. The third kappa shape index (κ3) is 53.8. The van der Waals surface area contributed by atoms with Gasteiger partial charge < -0.3 is 14.2 Å². The number of hydrogen-bond donors (Lipinski definition) is 0. The first-order valence-electron chi connectivity index (χ1n) is 27.1. The SMILES string of the molecule is CC/C=C\C/C=C\C/C=C\C/C=C\C/C=C\CCCC(=O)OC(COC(=O)CCCCCCC\C=C/C=C\C=C/C=C\C=C/CCC)COC(=O)CCCCCCCC/C=C\C/C=C\C/C=C\CC. The molecule has 6 nitrogen and oxygen atoms in total. The molecule has 0 aliphatic rings. The van der Waals surface area contributed by atoms with Crippen LogP contribution in [0.1, 0.15) is 201 Å². The number of esters is 3. The van der Waals surface area contributed by atoms with Crippen LogP contribution < -0.4 is 0 Å². The summed E-state index contributed by atoms with van der Waals surface area (Å²) in [6, 6.07) is 0. The van der Waals surface area contributed by atoms with Crippen molar-refractivity contribution in [1.82, 2.24) is 0 Å². The maximum absolute atomic E-state index is 12.8. The van der Waals surface area contributed by atoms with Gasteiger partial charge in [-0.2, -0.15) is 0 Å². The molecule has 0 saturated carbocycles. The minimum atomic E-state index is -0.833. The summed E-state index contributed by atoms with van der Waals surface area (Å²) in [6.07, 6.45) is 80.8. The van der Waals surface area contributed by atoms with Gasteiger partial charge in [-0.15, -0.1) is 0 Å². The van der Waals surface area contributed by atoms with E-state index in [9.17, 15) is 14.4 Å². The molecule has 0 rings (SSSR count). The van der Waals surface area contributed by atoms with E-state index >= 15 is 0 Å². The highest BCUT2D eigenvalue weighted by Crippen LogP contribution is 2.12. The Morgan fingerprint density at radius 3 is 1.06 bits per heavy atom. The van der Waals surface area contributed by atoms with Crippen LogP contribution in [0.2, 0.25) is 0 Å². The highest BCUT2D eigenvalue weighted by molar-refractivity contribution is 5.71. The molecule has 0 radical (unpaired) electrons. The molecule has 0 heterocycles. The first-order chi connectivity index (χ1) is 34.0. The monoisotopic (exact) mass is 949 g/mol. The lowest BCUT2D eigenvalue weighted by molar-refractivity contribution is -0.167. The topological polar surface area (TPSA) is 78.9 Å². The first kappa shape index (κ1) is 64.0. The zero-order valence-electron chi connectivity index (χ0n) is 43.8. The lowest BCUT2D eigenvalue weighted by Crippen LogP contribution is -2.30. The van der Waals surface area contributed by atoms with Crippen LogP contribution in [0.3, 0.4) is 0 Å². The lowest BCUT2D eigenvalue weighted by atomic mass is 10.1. The highest BCUT2D eigenvalue weighted by atomic mass is 16.6. The van der Waals surface area contributed by atoms with Gasteiger partial charge in [0.15, 0.2) is 6.10 Å². The molecule has 0 spiro atoms. The van der Waals surface area contributed by atoms with Crippen molar-refractivity contribution >= 4 is 17.9 Å². The van der Waals surface area contributed by atoms with E-state index in [0.717, 1.165) is 135 Å². The van der Waals surface area contributed by atoms with Gasteiger partial charge in [-0.1, -0.05) is 230 Å². The summed E-state index contributed by atoms with van der Waals surface area (Å²) in [5.74, 6) is -1.03. The van der Waals surface area contributed by atoms with E-state index in [2.05, 4.69) is 142 Å². The summed E-state index contributed by atoms with van der Waals surface area (Å²) in [4.78, 5) is 38.1. The van der Waals surface area contributed by atoms with E-state index in [1.54, 1.807) is 0 Å². The molecular formula is C63H96O6. The molecule has 384 valence electrons. The Labute approximate surface area is 422 Å². The van der Waals surface area contributed by atoms with Crippen LogP contribution in [0.5, 0.6) is 0 Å². The van der Waals surface area contributed by atoms with Crippen molar-refractivity contribution in [2.45, 2.75) is 207 Å². The van der Waals surface area contributed by atoms with Crippen molar-refractivity contribution < 1.29 is 28.6 Å². The fraction of sp³-hybridized carbons (Fsp3) is 0.540. The number of rotatable bonds is 46. The van der Waals surface area contributed by atoms with Gasteiger partial charge in [0.2, 0.25) is 0 Å². The number of carbonyl (C=O) groups excluding carboxylic acids is 3. The zero-order valence-corrected chi connectivity index (χ0v) is 43.8. The zero-order chi connectivity index (χ0) is 50.0. The Morgan fingerprint density at radius 1 is 0.319 bits per heavy atom. The van der Waals surface area contributed by atoms with E-state index in [1.165, 1.54) is 19.3 Å². The van der Waals surface area contributed by atoms with E-state index < -0.39 is 6.10 Å². The van der Waals surface area contributed by atoms with E-state index in [-0.39, 0.29) is 37.5 Å². The molecule has 69 heavy (non-hydrogen) atoms. The molecule has 0 aromatic heterocycles. The van der Waals surface area contributed by atoms with E-state index in [1.807, 2.05) is 36.5 Å². The molecule has 0 fully saturated rings. The van der Waals surface area contributed by atoms with Gasteiger partial charge in [-0.25, -0.2) is 0 Å². The molecule has 0 N–H and O–H groups in total. The number of hydrogen-bond acceptors (Lipinski definition) is 6. The van der Waals surface area contributed by atoms with Crippen molar-refractivity contribution in [3.8, 4) is 0 Å². The number of ether oxygens (including phenoxy) is 3. The Balaban J connectivity index is 4.60. The summed E-state index contributed by atoms with van der Waals surface area (Å²) >= 11 is 0. The van der Waals surface area contributed by atoms with Crippen molar-refractivity contribution in [3.05, 3.63) is 158 Å². The van der Waals surface area contributed by atoms with Crippen LogP contribution in [0, 0.1) is 0 Å². The predicted octanol–water partition coefficient (Wildman–Crippen LogP) is 18.2. The van der Waals surface area contributed by atoms with Crippen LogP contribution in [0.15, 0.2) is 158 Å². The molecule has 0 saturated heterocycles. The molecule has 1 atom stereocenters. The van der Waals surface area contributed by atoms with E-state index in [4.69, 9.17) is 14.2 Å². The maximum atomic E-state index is 12.8. The molecule has 0 aliphatic carbocycles. The van der Waals surface area contributed by atoms with E-state index in [0.29, 0.717) is 19.3 Å². The molecular weight excluding hydrogens is 853 g/mol. The average Bonchev–Trinajstić information content (AvgIpc) is 3.35. The van der Waals surface area contributed by atoms with Gasteiger partial charge in [0.05, 0.1) is 0 Å². The van der Waals surface area contributed by atoms with Crippen LogP contribution in [-0.4, -0.2) is 37.2 Å². The smallest absolute Gasteiger partial charge is 0.306 e. The Bertz CT molecular complexity index is 1610.